The van der Waals surface area contributed by atoms with E-state index in [1.54, 1.807) is 24.3 Å². The molecule has 1 atom stereocenters. The Morgan fingerprint density at radius 3 is 2.42 bits per heavy atom. The molecule has 0 radical (unpaired) electrons. The Hall–Kier alpha value is -0.990. The third-order valence-corrected chi connectivity index (χ3v) is 4.60. The predicted molar refractivity (Wildman–Crippen MR) is 72.7 cm³/mol. The van der Waals surface area contributed by atoms with Crippen LogP contribution in [0, 0.1) is 0 Å². The number of aliphatic hydroxyl groups excluding tert-OH is 2. The summed E-state index contributed by atoms with van der Waals surface area (Å²) in [6.07, 6.45) is -1.08. The lowest BCUT2D eigenvalue weighted by Crippen LogP contribution is -2.36. The molecule has 0 saturated heterocycles. The quantitative estimate of drug-likeness (QED) is 0.613. The number of hydrogen-bond acceptors (Lipinski definition) is 5. The molecule has 108 valence electrons. The summed E-state index contributed by atoms with van der Waals surface area (Å²) in [6, 6.07) is 7.06. The largest absolute Gasteiger partial charge is 0.394 e. The Kier molecular flexibility index (Phi) is 5.89. The third kappa shape index (κ3) is 4.55. The van der Waals surface area contributed by atoms with Crippen LogP contribution in [0.3, 0.4) is 0 Å². The first-order valence-corrected chi connectivity index (χ1v) is 7.51. The highest BCUT2D eigenvalue weighted by Crippen LogP contribution is 2.14. The number of hydrogen-bond donors (Lipinski definition) is 3. The van der Waals surface area contributed by atoms with Crippen molar-refractivity contribution in [3.8, 4) is 0 Å². The van der Waals surface area contributed by atoms with E-state index in [1.165, 1.54) is 7.05 Å². The lowest BCUT2D eigenvalue weighted by molar-refractivity contribution is 0.0825. The minimum absolute atomic E-state index is 0.135. The minimum Gasteiger partial charge on any atom is -0.394 e. The van der Waals surface area contributed by atoms with Crippen LogP contribution in [0.4, 0.5) is 0 Å². The van der Waals surface area contributed by atoms with E-state index in [9.17, 15) is 13.5 Å². The van der Waals surface area contributed by atoms with Gasteiger partial charge in [0, 0.05) is 20.1 Å². The van der Waals surface area contributed by atoms with Crippen molar-refractivity contribution in [1.29, 1.82) is 0 Å². The van der Waals surface area contributed by atoms with Gasteiger partial charge in [0.25, 0.3) is 0 Å². The molecule has 19 heavy (non-hydrogen) atoms. The van der Waals surface area contributed by atoms with Crippen LogP contribution in [0.2, 0.25) is 0 Å². The van der Waals surface area contributed by atoms with Crippen LogP contribution in [0.15, 0.2) is 24.3 Å². The molecule has 0 fully saturated rings. The summed E-state index contributed by atoms with van der Waals surface area (Å²) in [4.78, 5) is 0. The van der Waals surface area contributed by atoms with Gasteiger partial charge in [0.1, 0.15) is 0 Å². The van der Waals surface area contributed by atoms with Gasteiger partial charge < -0.3 is 15.9 Å². The monoisotopic (exact) mass is 288 g/mol. The highest BCUT2D eigenvalue weighted by Gasteiger charge is 2.21. The molecule has 0 heterocycles. The first-order chi connectivity index (χ1) is 8.90. The first-order valence-electron chi connectivity index (χ1n) is 5.90. The van der Waals surface area contributed by atoms with E-state index < -0.39 is 22.7 Å². The molecule has 7 heteroatoms. The average molecular weight is 288 g/mol. The molecular formula is C12H20N2O4S. The summed E-state index contributed by atoms with van der Waals surface area (Å²) in [5.41, 5.74) is 6.99. The van der Waals surface area contributed by atoms with Gasteiger partial charge in [-0.15, -0.1) is 0 Å². The van der Waals surface area contributed by atoms with E-state index in [0.29, 0.717) is 5.56 Å². The molecule has 1 rings (SSSR count). The first kappa shape index (κ1) is 16.1. The van der Waals surface area contributed by atoms with Crippen molar-refractivity contribution < 1.29 is 18.6 Å². The summed E-state index contributed by atoms with van der Waals surface area (Å²) in [5.74, 6) is -0.172. The smallest absolute Gasteiger partial charge is 0.218 e. The minimum atomic E-state index is -3.54. The average Bonchev–Trinajstić information content (AvgIpc) is 2.38. The Morgan fingerprint density at radius 2 is 1.89 bits per heavy atom. The molecule has 0 saturated carbocycles. The van der Waals surface area contributed by atoms with Crippen LogP contribution >= 0.6 is 0 Å². The van der Waals surface area contributed by atoms with Gasteiger partial charge in [-0.1, -0.05) is 24.3 Å². The number of aliphatic hydroxyl groups is 2. The van der Waals surface area contributed by atoms with Gasteiger partial charge in [-0.2, -0.15) is 0 Å². The van der Waals surface area contributed by atoms with E-state index in [4.69, 9.17) is 10.8 Å². The van der Waals surface area contributed by atoms with Crippen molar-refractivity contribution in [2.24, 2.45) is 5.73 Å². The molecule has 0 aliphatic carbocycles. The zero-order valence-electron chi connectivity index (χ0n) is 10.9. The van der Waals surface area contributed by atoms with Gasteiger partial charge in [0.2, 0.25) is 10.0 Å². The molecule has 1 aromatic carbocycles. The Bertz CT molecular complexity index is 504. The zero-order valence-corrected chi connectivity index (χ0v) is 11.7. The molecule has 0 aliphatic rings. The summed E-state index contributed by atoms with van der Waals surface area (Å²) < 4.78 is 25.3. The van der Waals surface area contributed by atoms with Gasteiger partial charge in [0.15, 0.2) is 0 Å². The maximum Gasteiger partial charge on any atom is 0.218 e. The lowest BCUT2D eigenvalue weighted by atomic mass is 10.1. The molecule has 0 spiro atoms. The Balaban J connectivity index is 2.84. The second kappa shape index (κ2) is 6.97. The number of benzene rings is 1. The summed E-state index contributed by atoms with van der Waals surface area (Å²) in [7, 11) is -2.17. The van der Waals surface area contributed by atoms with Crippen molar-refractivity contribution in [1.82, 2.24) is 4.31 Å². The van der Waals surface area contributed by atoms with Crippen molar-refractivity contribution in [2.45, 2.75) is 18.4 Å². The van der Waals surface area contributed by atoms with Gasteiger partial charge in [-0.05, 0) is 11.1 Å². The molecule has 0 aromatic heterocycles. The molecule has 4 N–H and O–H groups in total. The van der Waals surface area contributed by atoms with E-state index in [2.05, 4.69) is 0 Å². The lowest BCUT2D eigenvalue weighted by Gasteiger charge is -2.20. The molecule has 0 bridgehead atoms. The molecule has 1 aromatic rings. The highest BCUT2D eigenvalue weighted by atomic mass is 32.2. The van der Waals surface area contributed by atoms with Crippen LogP contribution in [0.25, 0.3) is 0 Å². The number of sulfonamides is 1. The van der Waals surface area contributed by atoms with Crippen LogP contribution in [-0.4, -0.2) is 49.2 Å². The Morgan fingerprint density at radius 1 is 1.32 bits per heavy atom. The number of nitrogens with two attached hydrogens (primary N) is 1. The number of rotatable bonds is 7. The number of nitrogens with zero attached hydrogens (tertiary/aromatic N) is 1. The van der Waals surface area contributed by atoms with Crippen LogP contribution in [0.1, 0.15) is 11.1 Å². The van der Waals surface area contributed by atoms with Gasteiger partial charge in [0.05, 0.1) is 18.5 Å². The van der Waals surface area contributed by atoms with E-state index in [-0.39, 0.29) is 18.8 Å². The van der Waals surface area contributed by atoms with Crippen molar-refractivity contribution in [3.05, 3.63) is 35.4 Å². The highest BCUT2D eigenvalue weighted by molar-refractivity contribution is 7.88. The van der Waals surface area contributed by atoms with Crippen molar-refractivity contribution >= 4 is 10.0 Å². The zero-order chi connectivity index (χ0) is 14.5. The molecule has 0 aliphatic heterocycles. The molecule has 0 amide bonds. The second-order valence-electron chi connectivity index (χ2n) is 4.35. The van der Waals surface area contributed by atoms with E-state index in [1.807, 2.05) is 0 Å². The van der Waals surface area contributed by atoms with Crippen LogP contribution in [-0.2, 0) is 22.3 Å². The Labute approximate surface area is 113 Å². The topological polar surface area (TPSA) is 104 Å². The summed E-state index contributed by atoms with van der Waals surface area (Å²) in [5, 5.41) is 18.0. The van der Waals surface area contributed by atoms with Crippen molar-refractivity contribution in [3.63, 3.8) is 0 Å². The second-order valence-corrected chi connectivity index (χ2v) is 6.42. The normalized spacial score (nSPS) is 13.7. The predicted octanol–water partition coefficient (Wildman–Crippen LogP) is -0.740. The molecular weight excluding hydrogens is 268 g/mol. The van der Waals surface area contributed by atoms with Crippen molar-refractivity contribution in [2.75, 3.05) is 20.2 Å². The van der Waals surface area contributed by atoms with Gasteiger partial charge in [-0.3, -0.25) is 0 Å². The number of likely N-dealkylation sites (N-methyl/N-ethyl adjacent to an activating group) is 1. The molecule has 0 unspecified atom stereocenters. The fraction of sp³-hybridized carbons (Fsp3) is 0.500. The van der Waals surface area contributed by atoms with Gasteiger partial charge in [-0.25, -0.2) is 12.7 Å². The van der Waals surface area contributed by atoms with Gasteiger partial charge >= 0.3 is 0 Å². The standard InChI is InChI=1S/C12H20N2O4S/c1-14(7-12(16)8-15)19(17,18)9-11-5-3-2-4-10(11)6-13/h2-5,12,15-16H,6-9,13H2,1H3/t12-/m0/s1. The van der Waals surface area contributed by atoms with E-state index in [0.717, 1.165) is 9.87 Å². The fourth-order valence-corrected chi connectivity index (χ4v) is 2.97. The fourth-order valence-electron chi connectivity index (χ4n) is 1.67. The summed E-state index contributed by atoms with van der Waals surface area (Å²) >= 11 is 0. The van der Waals surface area contributed by atoms with Crippen LogP contribution < -0.4 is 5.73 Å². The SMILES string of the molecule is CN(C[C@H](O)CO)S(=O)(=O)Cc1ccccc1CN. The maximum absolute atomic E-state index is 12.1. The maximum atomic E-state index is 12.1. The third-order valence-electron chi connectivity index (χ3n) is 2.83. The van der Waals surface area contributed by atoms with E-state index >= 15 is 0 Å². The summed E-state index contributed by atoms with van der Waals surface area (Å²) in [6.45, 7) is -0.336. The molecule has 6 nitrogen and oxygen atoms in total. The van der Waals surface area contributed by atoms with Crippen LogP contribution in [0.5, 0.6) is 0 Å².